The fraction of sp³-hybridized carbons (Fsp3) is 0.833. The lowest BCUT2D eigenvalue weighted by Crippen LogP contribution is -2.45. The van der Waals surface area contributed by atoms with Crippen molar-refractivity contribution in [1.29, 1.82) is 0 Å². The van der Waals surface area contributed by atoms with Gasteiger partial charge in [-0.05, 0) is 33.2 Å². The Morgan fingerprint density at radius 3 is 2.59 bits per heavy atom. The smallest absolute Gasteiger partial charge is 0.321 e. The standard InChI is InChI=1S/C12H23N3O2/c1-4-5-9(2)15(3)8-11(16)14-12(17)13-10-6-7-10/h9-10H,4-8H2,1-3H3,(H2,13,14,16,17). The number of hydrogen-bond acceptors (Lipinski definition) is 3. The number of carbonyl (C=O) groups excluding carboxylic acids is 2. The fourth-order valence-electron chi connectivity index (χ4n) is 1.64. The lowest BCUT2D eigenvalue weighted by Gasteiger charge is -2.23. The maximum absolute atomic E-state index is 11.6. The molecule has 1 saturated carbocycles. The van der Waals surface area contributed by atoms with Gasteiger partial charge >= 0.3 is 6.03 Å². The summed E-state index contributed by atoms with van der Waals surface area (Å²) in [4.78, 5) is 24.8. The first-order valence-corrected chi connectivity index (χ1v) is 6.33. The third-order valence-corrected chi connectivity index (χ3v) is 3.02. The minimum atomic E-state index is -0.367. The summed E-state index contributed by atoms with van der Waals surface area (Å²) in [5.74, 6) is -0.242. The molecule has 1 atom stereocenters. The van der Waals surface area contributed by atoms with Gasteiger partial charge in [-0.25, -0.2) is 4.79 Å². The van der Waals surface area contributed by atoms with Crippen molar-refractivity contribution in [3.05, 3.63) is 0 Å². The quantitative estimate of drug-likeness (QED) is 0.732. The monoisotopic (exact) mass is 241 g/mol. The van der Waals surface area contributed by atoms with Crippen molar-refractivity contribution in [2.24, 2.45) is 0 Å². The van der Waals surface area contributed by atoms with Crippen LogP contribution in [0.2, 0.25) is 0 Å². The highest BCUT2D eigenvalue weighted by Crippen LogP contribution is 2.18. The van der Waals surface area contributed by atoms with Crippen molar-refractivity contribution in [1.82, 2.24) is 15.5 Å². The second-order valence-electron chi connectivity index (χ2n) is 4.85. The molecule has 1 rings (SSSR count). The molecule has 0 bridgehead atoms. The zero-order valence-electron chi connectivity index (χ0n) is 11.0. The van der Waals surface area contributed by atoms with Crippen LogP contribution >= 0.6 is 0 Å². The summed E-state index contributed by atoms with van der Waals surface area (Å²) < 4.78 is 0. The molecule has 0 aromatic heterocycles. The Balaban J connectivity index is 2.20. The SMILES string of the molecule is CCCC(C)N(C)CC(=O)NC(=O)NC1CC1. The summed E-state index contributed by atoms with van der Waals surface area (Å²) in [5.41, 5.74) is 0. The van der Waals surface area contributed by atoms with E-state index in [2.05, 4.69) is 24.5 Å². The average molecular weight is 241 g/mol. The van der Waals surface area contributed by atoms with Gasteiger partial charge in [0.1, 0.15) is 0 Å². The predicted molar refractivity (Wildman–Crippen MR) is 66.7 cm³/mol. The number of hydrogen-bond donors (Lipinski definition) is 2. The molecule has 3 amide bonds. The highest BCUT2D eigenvalue weighted by molar-refractivity contribution is 5.95. The molecule has 0 radical (unpaired) electrons. The fourth-order valence-corrected chi connectivity index (χ4v) is 1.64. The molecule has 5 nitrogen and oxygen atoms in total. The maximum atomic E-state index is 11.6. The molecular weight excluding hydrogens is 218 g/mol. The number of likely N-dealkylation sites (N-methyl/N-ethyl adjacent to an activating group) is 1. The third-order valence-electron chi connectivity index (χ3n) is 3.02. The van der Waals surface area contributed by atoms with Crippen LogP contribution in [0.15, 0.2) is 0 Å². The third kappa shape index (κ3) is 5.68. The first-order chi connectivity index (χ1) is 8.02. The zero-order chi connectivity index (χ0) is 12.8. The van der Waals surface area contributed by atoms with Crippen molar-refractivity contribution in [2.75, 3.05) is 13.6 Å². The molecule has 0 aliphatic heterocycles. The molecule has 17 heavy (non-hydrogen) atoms. The van der Waals surface area contributed by atoms with Gasteiger partial charge in [0.05, 0.1) is 6.54 Å². The molecule has 5 heteroatoms. The Morgan fingerprint density at radius 2 is 2.06 bits per heavy atom. The molecule has 1 aliphatic rings. The van der Waals surface area contributed by atoms with Crippen molar-refractivity contribution in [3.8, 4) is 0 Å². The Hall–Kier alpha value is -1.10. The van der Waals surface area contributed by atoms with Gasteiger partial charge in [-0.2, -0.15) is 0 Å². The van der Waals surface area contributed by atoms with Gasteiger partial charge < -0.3 is 5.32 Å². The van der Waals surface area contributed by atoms with Crippen molar-refractivity contribution in [3.63, 3.8) is 0 Å². The number of rotatable bonds is 6. The summed E-state index contributed by atoms with van der Waals surface area (Å²) in [6.07, 6.45) is 4.19. The van der Waals surface area contributed by atoms with E-state index in [1.165, 1.54) is 0 Å². The maximum Gasteiger partial charge on any atom is 0.321 e. The van der Waals surface area contributed by atoms with E-state index in [-0.39, 0.29) is 24.5 Å². The second-order valence-corrected chi connectivity index (χ2v) is 4.85. The van der Waals surface area contributed by atoms with E-state index in [0.29, 0.717) is 6.04 Å². The summed E-state index contributed by atoms with van der Waals surface area (Å²) in [5, 5.41) is 5.07. The van der Waals surface area contributed by atoms with Crippen molar-refractivity contribution < 1.29 is 9.59 Å². The first-order valence-electron chi connectivity index (χ1n) is 6.33. The number of carbonyl (C=O) groups is 2. The first kappa shape index (κ1) is 14.0. The second kappa shape index (κ2) is 6.59. The number of amides is 3. The lowest BCUT2D eigenvalue weighted by molar-refractivity contribution is -0.121. The van der Waals surface area contributed by atoms with E-state index in [4.69, 9.17) is 0 Å². The predicted octanol–water partition coefficient (Wildman–Crippen LogP) is 1.10. The van der Waals surface area contributed by atoms with Gasteiger partial charge in [0, 0.05) is 12.1 Å². The molecule has 0 aromatic rings. The average Bonchev–Trinajstić information content (AvgIpc) is 3.01. The van der Waals surface area contributed by atoms with Gasteiger partial charge in [-0.15, -0.1) is 0 Å². The van der Waals surface area contributed by atoms with Crippen molar-refractivity contribution >= 4 is 11.9 Å². The van der Waals surface area contributed by atoms with E-state index >= 15 is 0 Å². The Kier molecular flexibility index (Phi) is 5.41. The summed E-state index contributed by atoms with van der Waals surface area (Å²) in [6.45, 7) is 4.47. The van der Waals surface area contributed by atoms with Crippen LogP contribution in [0.1, 0.15) is 39.5 Å². The number of imide groups is 1. The van der Waals surface area contributed by atoms with Gasteiger partial charge in [0.25, 0.3) is 0 Å². The molecule has 0 aromatic carbocycles. The minimum absolute atomic E-state index is 0.242. The van der Waals surface area contributed by atoms with Crippen LogP contribution in [0.3, 0.4) is 0 Å². The summed E-state index contributed by atoms with van der Waals surface area (Å²) in [6, 6.07) is 0.269. The molecule has 1 aliphatic carbocycles. The van der Waals surface area contributed by atoms with E-state index < -0.39 is 0 Å². The van der Waals surface area contributed by atoms with Gasteiger partial charge in [0.15, 0.2) is 0 Å². The molecule has 1 fully saturated rings. The molecule has 0 heterocycles. The minimum Gasteiger partial charge on any atom is -0.335 e. The number of nitrogens with zero attached hydrogens (tertiary/aromatic N) is 1. The normalized spacial score (nSPS) is 16.7. The van der Waals surface area contributed by atoms with Crippen LogP contribution in [0.4, 0.5) is 4.79 Å². The van der Waals surface area contributed by atoms with E-state index in [1.54, 1.807) is 0 Å². The van der Waals surface area contributed by atoms with E-state index in [0.717, 1.165) is 25.7 Å². The molecule has 2 N–H and O–H groups in total. The Morgan fingerprint density at radius 1 is 1.41 bits per heavy atom. The zero-order valence-corrected chi connectivity index (χ0v) is 11.0. The van der Waals surface area contributed by atoms with Gasteiger partial charge in [-0.1, -0.05) is 13.3 Å². The van der Waals surface area contributed by atoms with Gasteiger partial charge in [0.2, 0.25) is 5.91 Å². The Bertz CT molecular complexity index is 277. The lowest BCUT2D eigenvalue weighted by atomic mass is 10.2. The van der Waals surface area contributed by atoms with Crippen LogP contribution in [0, 0.1) is 0 Å². The van der Waals surface area contributed by atoms with Crippen molar-refractivity contribution in [2.45, 2.75) is 51.6 Å². The molecular formula is C12H23N3O2. The van der Waals surface area contributed by atoms with E-state index in [1.807, 2.05) is 11.9 Å². The van der Waals surface area contributed by atoms with E-state index in [9.17, 15) is 9.59 Å². The largest absolute Gasteiger partial charge is 0.335 e. The highest BCUT2D eigenvalue weighted by atomic mass is 16.2. The summed E-state index contributed by atoms with van der Waals surface area (Å²) in [7, 11) is 1.90. The van der Waals surface area contributed by atoms with Crippen LogP contribution in [0.25, 0.3) is 0 Å². The van der Waals surface area contributed by atoms with Crippen LogP contribution in [0.5, 0.6) is 0 Å². The van der Waals surface area contributed by atoms with Crippen LogP contribution in [-0.4, -0.2) is 42.5 Å². The number of nitrogens with one attached hydrogen (secondary N) is 2. The van der Waals surface area contributed by atoms with Crippen LogP contribution < -0.4 is 10.6 Å². The van der Waals surface area contributed by atoms with Crippen LogP contribution in [-0.2, 0) is 4.79 Å². The highest BCUT2D eigenvalue weighted by Gasteiger charge is 2.24. The van der Waals surface area contributed by atoms with Gasteiger partial charge in [-0.3, -0.25) is 15.0 Å². The molecule has 1 unspecified atom stereocenters. The number of urea groups is 1. The molecule has 0 spiro atoms. The molecule has 98 valence electrons. The summed E-state index contributed by atoms with van der Waals surface area (Å²) >= 11 is 0. The Labute approximate surface area is 103 Å². The topological polar surface area (TPSA) is 61.4 Å². The molecule has 0 saturated heterocycles.